The van der Waals surface area contributed by atoms with E-state index in [4.69, 9.17) is 10.1 Å². The van der Waals surface area contributed by atoms with E-state index in [2.05, 4.69) is 0 Å². The molecule has 158 valence electrons. The zero-order chi connectivity index (χ0) is 22.0. The van der Waals surface area contributed by atoms with Crippen molar-refractivity contribution in [3.05, 3.63) is 71.7 Å². The van der Waals surface area contributed by atoms with E-state index >= 15 is 0 Å². The number of pyridine rings is 1. The quantitative estimate of drug-likeness (QED) is 0.516. The van der Waals surface area contributed by atoms with E-state index in [-0.39, 0.29) is 24.4 Å². The normalized spacial score (nSPS) is 14.8. The monoisotopic (exact) mass is 419 g/mol. The number of rotatable bonds is 8. The summed E-state index contributed by atoms with van der Waals surface area (Å²) in [5.74, 6) is -1.63. The van der Waals surface area contributed by atoms with Crippen molar-refractivity contribution in [1.82, 2.24) is 4.98 Å². The second kappa shape index (κ2) is 8.78. The fraction of sp³-hybridized carbons (Fsp3) is 0.240. The molecule has 1 fully saturated rings. The largest absolute Gasteiger partial charge is 0.479 e. The molecule has 0 saturated heterocycles. The van der Waals surface area contributed by atoms with Gasteiger partial charge in [0.15, 0.2) is 11.9 Å². The minimum Gasteiger partial charge on any atom is -0.479 e. The van der Waals surface area contributed by atoms with Crippen molar-refractivity contribution in [3.63, 3.8) is 0 Å². The summed E-state index contributed by atoms with van der Waals surface area (Å²) in [6.07, 6.45) is 3.41. The van der Waals surface area contributed by atoms with Crippen LogP contribution in [0.1, 0.15) is 42.9 Å². The molecule has 3 aromatic rings. The fourth-order valence-corrected chi connectivity index (χ4v) is 3.67. The van der Waals surface area contributed by atoms with Gasteiger partial charge in [-0.1, -0.05) is 30.3 Å². The summed E-state index contributed by atoms with van der Waals surface area (Å²) in [6, 6.07) is 14.0. The number of halogens is 1. The van der Waals surface area contributed by atoms with Crippen LogP contribution in [-0.2, 0) is 9.59 Å². The van der Waals surface area contributed by atoms with Crippen LogP contribution >= 0.6 is 0 Å². The third kappa shape index (κ3) is 4.70. The summed E-state index contributed by atoms with van der Waals surface area (Å²) in [6.45, 7) is 0. The molecule has 31 heavy (non-hydrogen) atoms. The third-order valence-electron chi connectivity index (χ3n) is 5.44. The van der Waals surface area contributed by atoms with Crippen molar-refractivity contribution in [1.29, 1.82) is 0 Å². The molecule has 6 heteroatoms. The number of para-hydroxylation sites is 1. The lowest BCUT2D eigenvalue weighted by Gasteiger charge is -2.15. The van der Waals surface area contributed by atoms with E-state index in [1.165, 1.54) is 18.2 Å². The number of hydrogen-bond donors (Lipinski definition) is 2. The Balaban J connectivity index is 1.78. The molecule has 4 rings (SSSR count). The van der Waals surface area contributed by atoms with E-state index in [1.807, 2.05) is 24.3 Å². The standard InChI is InChI=1S/C25H22FNO4/c26-17-9-7-15(8-10-17)23-19-3-1-2-4-21(19)27-24(16-5-6-16)20(23)13-11-18(28)12-14-22(29)25(30)31/h1-4,7-11,13,16,22,29H,5-6,12,14H2,(H,30,31)/t22-/m1/s1. The molecule has 0 aliphatic heterocycles. The number of carbonyl (C=O) groups excluding carboxylic acids is 1. The molecule has 2 aromatic carbocycles. The van der Waals surface area contributed by atoms with Crippen molar-refractivity contribution >= 4 is 28.7 Å². The van der Waals surface area contributed by atoms with E-state index in [9.17, 15) is 19.1 Å². The number of hydrogen-bond acceptors (Lipinski definition) is 4. The van der Waals surface area contributed by atoms with Gasteiger partial charge in [0.05, 0.1) is 11.2 Å². The highest BCUT2D eigenvalue weighted by Crippen LogP contribution is 2.45. The van der Waals surface area contributed by atoms with Gasteiger partial charge in [-0.3, -0.25) is 9.78 Å². The van der Waals surface area contributed by atoms with Crippen molar-refractivity contribution < 1.29 is 24.2 Å². The van der Waals surface area contributed by atoms with Crippen LogP contribution in [0.15, 0.2) is 54.6 Å². The Morgan fingerprint density at radius 3 is 2.52 bits per heavy atom. The second-order valence-electron chi connectivity index (χ2n) is 7.78. The Hall–Kier alpha value is -3.38. The summed E-state index contributed by atoms with van der Waals surface area (Å²) in [7, 11) is 0. The second-order valence-corrected chi connectivity index (χ2v) is 7.78. The van der Waals surface area contributed by atoms with Gasteiger partial charge in [-0.05, 0) is 55.2 Å². The number of ketones is 1. The van der Waals surface area contributed by atoms with Crippen molar-refractivity contribution in [3.8, 4) is 11.1 Å². The minimum absolute atomic E-state index is 0.0738. The van der Waals surface area contributed by atoms with Gasteiger partial charge >= 0.3 is 5.97 Å². The third-order valence-corrected chi connectivity index (χ3v) is 5.44. The van der Waals surface area contributed by atoms with Crippen LogP contribution in [0, 0.1) is 5.82 Å². The molecule has 0 bridgehead atoms. The van der Waals surface area contributed by atoms with Crippen LogP contribution in [0.5, 0.6) is 0 Å². The molecule has 1 heterocycles. The van der Waals surface area contributed by atoms with Gasteiger partial charge in [-0.2, -0.15) is 0 Å². The Bertz CT molecular complexity index is 1170. The first kappa shape index (κ1) is 20.9. The van der Waals surface area contributed by atoms with E-state index < -0.39 is 12.1 Å². The predicted molar refractivity (Wildman–Crippen MR) is 116 cm³/mol. The van der Waals surface area contributed by atoms with E-state index in [0.717, 1.165) is 46.1 Å². The maximum absolute atomic E-state index is 13.6. The first-order valence-corrected chi connectivity index (χ1v) is 10.2. The molecule has 2 N–H and O–H groups in total. The zero-order valence-electron chi connectivity index (χ0n) is 16.8. The summed E-state index contributed by atoms with van der Waals surface area (Å²) < 4.78 is 13.6. The summed E-state index contributed by atoms with van der Waals surface area (Å²) in [5, 5.41) is 19.1. The van der Waals surface area contributed by atoms with Crippen LogP contribution in [-0.4, -0.2) is 33.1 Å². The van der Waals surface area contributed by atoms with Gasteiger partial charge in [0.2, 0.25) is 0 Å². The molecule has 0 radical (unpaired) electrons. The van der Waals surface area contributed by atoms with Crippen molar-refractivity contribution in [2.24, 2.45) is 0 Å². The lowest BCUT2D eigenvalue weighted by Crippen LogP contribution is -2.20. The average Bonchev–Trinajstić information content (AvgIpc) is 3.61. The van der Waals surface area contributed by atoms with Crippen LogP contribution in [0.2, 0.25) is 0 Å². The molecular weight excluding hydrogens is 397 g/mol. The maximum Gasteiger partial charge on any atom is 0.332 e. The van der Waals surface area contributed by atoms with E-state index in [1.54, 1.807) is 18.2 Å². The molecule has 0 unspecified atom stereocenters. The number of carboxylic acid groups (broad SMARTS) is 1. The molecule has 1 aliphatic carbocycles. The predicted octanol–water partition coefficient (Wildman–Crippen LogP) is 4.73. The van der Waals surface area contributed by atoms with Crippen molar-refractivity contribution in [2.45, 2.75) is 37.7 Å². The molecule has 0 amide bonds. The molecule has 1 aromatic heterocycles. The average molecular weight is 419 g/mol. The molecule has 1 atom stereocenters. The first-order chi connectivity index (χ1) is 14.9. The maximum atomic E-state index is 13.6. The van der Waals surface area contributed by atoms with Crippen LogP contribution in [0.25, 0.3) is 28.1 Å². The van der Waals surface area contributed by atoms with Crippen LogP contribution in [0.4, 0.5) is 4.39 Å². The lowest BCUT2D eigenvalue weighted by molar-refractivity contribution is -0.147. The Labute approximate surface area is 178 Å². The Morgan fingerprint density at radius 2 is 1.84 bits per heavy atom. The Morgan fingerprint density at radius 1 is 1.13 bits per heavy atom. The number of aliphatic hydroxyl groups is 1. The van der Waals surface area contributed by atoms with E-state index in [0.29, 0.717) is 5.92 Å². The van der Waals surface area contributed by atoms with Gasteiger partial charge in [0, 0.05) is 28.9 Å². The SMILES string of the molecule is O=C(C=Cc1c(C2CC2)nc2ccccc2c1-c1ccc(F)cc1)CC[C@@H](O)C(=O)O. The van der Waals surface area contributed by atoms with Crippen LogP contribution < -0.4 is 0 Å². The molecule has 5 nitrogen and oxygen atoms in total. The van der Waals surface area contributed by atoms with Crippen LogP contribution in [0.3, 0.4) is 0 Å². The summed E-state index contributed by atoms with van der Waals surface area (Å²) >= 11 is 0. The smallest absolute Gasteiger partial charge is 0.332 e. The molecule has 1 saturated carbocycles. The number of allylic oxidation sites excluding steroid dienone is 1. The highest BCUT2D eigenvalue weighted by molar-refractivity contribution is 6.02. The number of nitrogens with zero attached hydrogens (tertiary/aromatic N) is 1. The van der Waals surface area contributed by atoms with Gasteiger partial charge in [-0.15, -0.1) is 0 Å². The number of aliphatic hydroxyl groups excluding tert-OH is 1. The highest BCUT2D eigenvalue weighted by atomic mass is 19.1. The number of benzene rings is 2. The number of carbonyl (C=O) groups is 2. The minimum atomic E-state index is -1.56. The van der Waals surface area contributed by atoms with Gasteiger partial charge in [0.1, 0.15) is 5.82 Å². The van der Waals surface area contributed by atoms with Crippen molar-refractivity contribution in [2.75, 3.05) is 0 Å². The topological polar surface area (TPSA) is 87.5 Å². The summed E-state index contributed by atoms with van der Waals surface area (Å²) in [5.41, 5.74) is 4.29. The number of fused-ring (bicyclic) bond motifs is 1. The Kier molecular flexibility index (Phi) is 5.91. The summed E-state index contributed by atoms with van der Waals surface area (Å²) in [4.78, 5) is 28.0. The number of aliphatic carboxylic acids is 1. The molecule has 0 spiro atoms. The number of carboxylic acids is 1. The lowest BCUT2D eigenvalue weighted by atomic mass is 9.92. The number of aromatic nitrogens is 1. The molecular formula is C25H22FNO4. The highest BCUT2D eigenvalue weighted by Gasteiger charge is 2.29. The van der Waals surface area contributed by atoms with Gasteiger partial charge in [-0.25, -0.2) is 9.18 Å². The molecule has 1 aliphatic rings. The van der Waals surface area contributed by atoms with Gasteiger partial charge in [0.25, 0.3) is 0 Å². The zero-order valence-corrected chi connectivity index (χ0v) is 16.8. The first-order valence-electron chi connectivity index (χ1n) is 10.2. The fourth-order valence-electron chi connectivity index (χ4n) is 3.67. The van der Waals surface area contributed by atoms with Gasteiger partial charge < -0.3 is 10.2 Å².